The van der Waals surface area contributed by atoms with E-state index >= 15 is 0 Å². The van der Waals surface area contributed by atoms with Gasteiger partial charge in [-0.3, -0.25) is 0 Å². The van der Waals surface area contributed by atoms with Gasteiger partial charge >= 0.3 is 6.03 Å². The predicted molar refractivity (Wildman–Crippen MR) is 76.4 cm³/mol. The number of carbonyl (C=O) groups is 1. The maximum absolute atomic E-state index is 12.2. The van der Waals surface area contributed by atoms with E-state index < -0.39 is 0 Å². The molecule has 0 saturated carbocycles. The molecular weight excluding hydrogens is 256 g/mol. The highest BCUT2D eigenvalue weighted by Gasteiger charge is 2.26. The summed E-state index contributed by atoms with van der Waals surface area (Å²) in [4.78, 5) is 14.0. The number of aliphatic hydroxyl groups excluding tert-OH is 1. The summed E-state index contributed by atoms with van der Waals surface area (Å²) < 4.78 is 5.52. The molecule has 1 aromatic heterocycles. The molecule has 1 fully saturated rings. The Hall–Kier alpha value is -1.49. The minimum Gasteiger partial charge on any atom is -0.464 e. The number of furan rings is 1. The van der Waals surface area contributed by atoms with Crippen LogP contribution in [0.4, 0.5) is 4.79 Å². The molecule has 2 heterocycles. The number of hydrogen-bond acceptors (Lipinski definition) is 3. The summed E-state index contributed by atoms with van der Waals surface area (Å²) in [6, 6.07) is 3.59. The highest BCUT2D eigenvalue weighted by molar-refractivity contribution is 5.74. The lowest BCUT2D eigenvalue weighted by molar-refractivity contribution is 0.0792. The van der Waals surface area contributed by atoms with E-state index in [2.05, 4.69) is 5.32 Å². The van der Waals surface area contributed by atoms with Crippen molar-refractivity contribution in [3.05, 3.63) is 23.7 Å². The summed E-state index contributed by atoms with van der Waals surface area (Å²) in [5.74, 6) is 1.93. The molecular formula is C15H24N2O3. The van der Waals surface area contributed by atoms with E-state index in [4.69, 9.17) is 4.42 Å². The molecule has 2 rings (SSSR count). The van der Waals surface area contributed by atoms with Gasteiger partial charge in [0, 0.05) is 13.1 Å². The topological polar surface area (TPSA) is 65.7 Å². The van der Waals surface area contributed by atoms with Gasteiger partial charge in [-0.05, 0) is 51.7 Å². The fourth-order valence-electron chi connectivity index (χ4n) is 2.62. The third-order valence-electron chi connectivity index (χ3n) is 4.04. The molecule has 0 bridgehead atoms. The van der Waals surface area contributed by atoms with E-state index in [9.17, 15) is 9.90 Å². The molecule has 2 atom stereocenters. The lowest BCUT2D eigenvalue weighted by atomic mass is 9.92. The number of nitrogens with zero attached hydrogens (tertiary/aromatic N) is 1. The number of nitrogens with one attached hydrogen (secondary N) is 1. The van der Waals surface area contributed by atoms with Gasteiger partial charge < -0.3 is 19.7 Å². The fraction of sp³-hybridized carbons (Fsp3) is 0.667. The number of urea groups is 1. The van der Waals surface area contributed by atoms with E-state index in [-0.39, 0.29) is 18.2 Å². The van der Waals surface area contributed by atoms with Gasteiger partial charge in [-0.1, -0.05) is 0 Å². The third-order valence-corrected chi connectivity index (χ3v) is 4.04. The molecule has 1 aliphatic heterocycles. The van der Waals surface area contributed by atoms with Crippen LogP contribution in [0.2, 0.25) is 0 Å². The van der Waals surface area contributed by atoms with Gasteiger partial charge in [-0.15, -0.1) is 0 Å². The summed E-state index contributed by atoms with van der Waals surface area (Å²) in [5.41, 5.74) is 0. The summed E-state index contributed by atoms with van der Waals surface area (Å²) >= 11 is 0. The summed E-state index contributed by atoms with van der Waals surface area (Å²) in [6.07, 6.45) is 1.43. The van der Waals surface area contributed by atoms with Crippen LogP contribution in [0.3, 0.4) is 0 Å². The molecule has 112 valence electrons. The fourth-order valence-corrected chi connectivity index (χ4v) is 2.62. The maximum Gasteiger partial charge on any atom is 0.317 e. The van der Waals surface area contributed by atoms with Crippen LogP contribution in [0.1, 0.15) is 44.3 Å². The maximum atomic E-state index is 12.2. The molecule has 2 amide bonds. The largest absolute Gasteiger partial charge is 0.464 e. The third kappa shape index (κ3) is 3.54. The minimum absolute atomic E-state index is 0.0596. The molecule has 1 aromatic rings. The predicted octanol–water partition coefficient (Wildman–Crippen LogP) is 2.45. The normalized spacial score (nSPS) is 19.7. The molecule has 20 heavy (non-hydrogen) atoms. The van der Waals surface area contributed by atoms with Gasteiger partial charge in [0.05, 0.1) is 12.1 Å². The number of aryl methyl sites for hydroxylation is 1. The van der Waals surface area contributed by atoms with Gasteiger partial charge in [0.15, 0.2) is 0 Å². The number of rotatable bonds is 3. The first-order valence-electron chi connectivity index (χ1n) is 7.27. The Morgan fingerprint density at radius 3 is 2.55 bits per heavy atom. The van der Waals surface area contributed by atoms with Crippen LogP contribution >= 0.6 is 0 Å². The first-order valence-corrected chi connectivity index (χ1v) is 7.27. The zero-order valence-corrected chi connectivity index (χ0v) is 12.4. The Balaban J connectivity index is 1.84. The highest BCUT2D eigenvalue weighted by Crippen LogP contribution is 2.21. The number of carbonyl (C=O) groups excluding carboxylic acids is 1. The van der Waals surface area contributed by atoms with E-state index in [1.807, 2.05) is 37.8 Å². The lowest BCUT2D eigenvalue weighted by Gasteiger charge is -2.33. The van der Waals surface area contributed by atoms with E-state index in [0.29, 0.717) is 19.0 Å². The Morgan fingerprint density at radius 1 is 1.40 bits per heavy atom. The first-order chi connectivity index (χ1) is 9.47. The van der Waals surface area contributed by atoms with Crippen molar-refractivity contribution in [2.75, 3.05) is 13.1 Å². The average molecular weight is 280 g/mol. The second kappa shape index (κ2) is 6.31. The number of hydrogen-bond donors (Lipinski definition) is 2. The van der Waals surface area contributed by atoms with Crippen LogP contribution in [-0.2, 0) is 0 Å². The van der Waals surface area contributed by atoms with Crippen molar-refractivity contribution in [3.63, 3.8) is 0 Å². The molecule has 0 aromatic carbocycles. The quantitative estimate of drug-likeness (QED) is 0.893. The monoisotopic (exact) mass is 280 g/mol. The number of piperidine rings is 1. The van der Waals surface area contributed by atoms with E-state index in [1.54, 1.807) is 0 Å². The number of amides is 2. The Labute approximate surface area is 119 Å². The molecule has 2 unspecified atom stereocenters. The SMILES string of the molecule is Cc1ccc(C(C)NC(=O)N2CCC(C(C)O)CC2)o1. The molecule has 1 aliphatic rings. The molecule has 5 nitrogen and oxygen atoms in total. The smallest absolute Gasteiger partial charge is 0.317 e. The summed E-state index contributed by atoms with van der Waals surface area (Å²) in [7, 11) is 0. The van der Waals surface area contributed by atoms with Crippen LogP contribution in [0, 0.1) is 12.8 Å². The van der Waals surface area contributed by atoms with Gasteiger partial charge in [0.1, 0.15) is 11.5 Å². The molecule has 0 radical (unpaired) electrons. The van der Waals surface area contributed by atoms with Crippen LogP contribution < -0.4 is 5.32 Å². The summed E-state index contributed by atoms with van der Waals surface area (Å²) in [5, 5.41) is 12.5. The van der Waals surface area contributed by atoms with Crippen LogP contribution in [0.5, 0.6) is 0 Å². The number of likely N-dealkylation sites (tertiary alicyclic amines) is 1. The Bertz CT molecular complexity index is 448. The van der Waals surface area contributed by atoms with Crippen LogP contribution in [0.15, 0.2) is 16.5 Å². The van der Waals surface area contributed by atoms with Gasteiger partial charge in [-0.2, -0.15) is 0 Å². The van der Waals surface area contributed by atoms with Crippen molar-refractivity contribution in [1.29, 1.82) is 0 Å². The van der Waals surface area contributed by atoms with Crippen molar-refractivity contribution in [2.45, 2.75) is 45.8 Å². The zero-order valence-electron chi connectivity index (χ0n) is 12.4. The van der Waals surface area contributed by atoms with Crippen molar-refractivity contribution in [1.82, 2.24) is 10.2 Å². The molecule has 0 spiro atoms. The van der Waals surface area contributed by atoms with Crippen LogP contribution in [0.25, 0.3) is 0 Å². The zero-order chi connectivity index (χ0) is 14.7. The van der Waals surface area contributed by atoms with E-state index in [0.717, 1.165) is 24.4 Å². The Morgan fingerprint density at radius 2 is 2.05 bits per heavy atom. The van der Waals surface area contributed by atoms with Gasteiger partial charge in [0.25, 0.3) is 0 Å². The standard InChI is InChI=1S/C15H24N2O3/c1-10-4-5-14(20-10)11(2)16-15(19)17-8-6-13(7-9-17)12(3)18/h4-5,11-13,18H,6-9H2,1-3H3,(H,16,19). The molecule has 5 heteroatoms. The van der Waals surface area contributed by atoms with Gasteiger partial charge in [0.2, 0.25) is 0 Å². The van der Waals surface area contributed by atoms with Crippen LogP contribution in [-0.4, -0.2) is 35.2 Å². The second-order valence-electron chi connectivity index (χ2n) is 5.68. The van der Waals surface area contributed by atoms with Crippen molar-refractivity contribution in [2.24, 2.45) is 5.92 Å². The second-order valence-corrected chi connectivity index (χ2v) is 5.68. The minimum atomic E-state index is -0.287. The molecule has 1 saturated heterocycles. The van der Waals surface area contributed by atoms with Crippen molar-refractivity contribution >= 4 is 6.03 Å². The Kier molecular flexibility index (Phi) is 4.70. The van der Waals surface area contributed by atoms with E-state index in [1.165, 1.54) is 0 Å². The number of aliphatic hydroxyl groups is 1. The van der Waals surface area contributed by atoms with Gasteiger partial charge in [-0.25, -0.2) is 4.79 Å². The molecule has 0 aliphatic carbocycles. The molecule has 2 N–H and O–H groups in total. The first kappa shape index (κ1) is 14.9. The summed E-state index contributed by atoms with van der Waals surface area (Å²) in [6.45, 7) is 7.02. The highest BCUT2D eigenvalue weighted by atomic mass is 16.3. The average Bonchev–Trinajstić information content (AvgIpc) is 2.85. The lowest BCUT2D eigenvalue weighted by Crippen LogP contribution is -2.46. The van der Waals surface area contributed by atoms with Crippen molar-refractivity contribution in [3.8, 4) is 0 Å². The van der Waals surface area contributed by atoms with Crippen molar-refractivity contribution < 1.29 is 14.3 Å².